The highest BCUT2D eigenvalue weighted by molar-refractivity contribution is 5.97. The van der Waals surface area contributed by atoms with Crippen LogP contribution in [0.5, 0.6) is 0 Å². The first-order valence-electron chi connectivity index (χ1n) is 3.14. The second-order valence-electron chi connectivity index (χ2n) is 2.18. The summed E-state index contributed by atoms with van der Waals surface area (Å²) in [4.78, 5) is 3.84. The minimum atomic E-state index is 0.0931. The van der Waals surface area contributed by atoms with Crippen LogP contribution in [0.25, 0.3) is 0 Å². The van der Waals surface area contributed by atoms with Gasteiger partial charge in [0.25, 0.3) is 0 Å². The summed E-state index contributed by atoms with van der Waals surface area (Å²) in [6, 6.07) is 1.80. The predicted molar refractivity (Wildman–Crippen MR) is 41.5 cm³/mol. The van der Waals surface area contributed by atoms with Gasteiger partial charge in [-0.2, -0.15) is 0 Å². The Bertz CT molecular complexity index is 283. The number of pyridine rings is 1. The maximum Gasteiger partial charge on any atom is 0.171 e. The normalized spacial score (nSPS) is 11.5. The molecule has 1 aromatic heterocycles. The maximum atomic E-state index is 8.35. The Morgan fingerprint density at radius 1 is 1.73 bits per heavy atom. The van der Waals surface area contributed by atoms with Crippen LogP contribution in [0.4, 0.5) is 0 Å². The van der Waals surface area contributed by atoms with E-state index >= 15 is 0 Å². The SMILES string of the molecule is Cc1ccncc1/C(N)=N\O. The van der Waals surface area contributed by atoms with Crippen molar-refractivity contribution >= 4 is 5.84 Å². The Morgan fingerprint density at radius 3 is 3.00 bits per heavy atom. The van der Waals surface area contributed by atoms with Crippen LogP contribution in [0.2, 0.25) is 0 Å². The molecule has 0 unspecified atom stereocenters. The van der Waals surface area contributed by atoms with Crippen LogP contribution in [-0.4, -0.2) is 16.0 Å². The number of hydrogen-bond acceptors (Lipinski definition) is 3. The van der Waals surface area contributed by atoms with Gasteiger partial charge in [-0.3, -0.25) is 4.98 Å². The average Bonchev–Trinajstić information content (AvgIpc) is 2.04. The molecule has 11 heavy (non-hydrogen) atoms. The number of hydrogen-bond donors (Lipinski definition) is 2. The average molecular weight is 151 g/mol. The molecule has 1 rings (SSSR count). The summed E-state index contributed by atoms with van der Waals surface area (Å²) in [5.41, 5.74) is 6.96. The maximum absolute atomic E-state index is 8.35. The van der Waals surface area contributed by atoms with Gasteiger partial charge in [-0.25, -0.2) is 0 Å². The van der Waals surface area contributed by atoms with Crippen molar-refractivity contribution in [3.63, 3.8) is 0 Å². The quantitative estimate of drug-likeness (QED) is 0.265. The van der Waals surface area contributed by atoms with E-state index in [1.54, 1.807) is 18.5 Å². The van der Waals surface area contributed by atoms with Gasteiger partial charge in [0.1, 0.15) is 0 Å². The fourth-order valence-corrected chi connectivity index (χ4v) is 0.786. The van der Waals surface area contributed by atoms with E-state index in [4.69, 9.17) is 10.9 Å². The first-order valence-corrected chi connectivity index (χ1v) is 3.14. The Kier molecular flexibility index (Phi) is 2.06. The third-order valence-electron chi connectivity index (χ3n) is 1.42. The van der Waals surface area contributed by atoms with Crippen molar-refractivity contribution in [1.82, 2.24) is 4.98 Å². The zero-order valence-corrected chi connectivity index (χ0v) is 6.15. The molecule has 0 atom stereocenters. The lowest BCUT2D eigenvalue weighted by atomic mass is 10.1. The van der Waals surface area contributed by atoms with Crippen molar-refractivity contribution < 1.29 is 5.21 Å². The largest absolute Gasteiger partial charge is 0.409 e. The smallest absolute Gasteiger partial charge is 0.171 e. The molecule has 0 aliphatic rings. The van der Waals surface area contributed by atoms with Gasteiger partial charge in [0.15, 0.2) is 5.84 Å². The lowest BCUT2D eigenvalue weighted by Crippen LogP contribution is -2.14. The monoisotopic (exact) mass is 151 g/mol. The van der Waals surface area contributed by atoms with Crippen molar-refractivity contribution in [2.75, 3.05) is 0 Å². The lowest BCUT2D eigenvalue weighted by Gasteiger charge is -2.00. The van der Waals surface area contributed by atoms with E-state index in [1.165, 1.54) is 0 Å². The van der Waals surface area contributed by atoms with Gasteiger partial charge in [-0.05, 0) is 18.6 Å². The minimum absolute atomic E-state index is 0.0931. The van der Waals surface area contributed by atoms with Crippen molar-refractivity contribution in [2.45, 2.75) is 6.92 Å². The number of aryl methyl sites for hydroxylation is 1. The summed E-state index contributed by atoms with van der Waals surface area (Å²) in [5.74, 6) is 0.0931. The van der Waals surface area contributed by atoms with E-state index in [0.29, 0.717) is 5.56 Å². The van der Waals surface area contributed by atoms with Crippen molar-refractivity contribution in [3.8, 4) is 0 Å². The van der Waals surface area contributed by atoms with Gasteiger partial charge in [-0.1, -0.05) is 5.16 Å². The van der Waals surface area contributed by atoms with Crippen LogP contribution in [0.15, 0.2) is 23.6 Å². The summed E-state index contributed by atoms with van der Waals surface area (Å²) < 4.78 is 0. The van der Waals surface area contributed by atoms with Gasteiger partial charge in [0, 0.05) is 18.0 Å². The lowest BCUT2D eigenvalue weighted by molar-refractivity contribution is 0.318. The molecule has 0 radical (unpaired) electrons. The van der Waals surface area contributed by atoms with E-state index in [2.05, 4.69) is 10.1 Å². The van der Waals surface area contributed by atoms with Crippen molar-refractivity contribution in [1.29, 1.82) is 0 Å². The van der Waals surface area contributed by atoms with Gasteiger partial charge >= 0.3 is 0 Å². The zero-order valence-electron chi connectivity index (χ0n) is 6.15. The highest BCUT2D eigenvalue weighted by atomic mass is 16.4. The standard InChI is InChI=1S/C7H9N3O/c1-5-2-3-9-4-6(5)7(8)10-11/h2-4,11H,1H3,(H2,8,10). The second-order valence-corrected chi connectivity index (χ2v) is 2.18. The molecule has 0 fully saturated rings. The summed E-state index contributed by atoms with van der Waals surface area (Å²) in [7, 11) is 0. The number of nitrogens with zero attached hydrogens (tertiary/aromatic N) is 2. The van der Waals surface area contributed by atoms with E-state index in [0.717, 1.165) is 5.56 Å². The van der Waals surface area contributed by atoms with Crippen LogP contribution in [0.3, 0.4) is 0 Å². The van der Waals surface area contributed by atoms with Crippen molar-refractivity contribution in [3.05, 3.63) is 29.6 Å². The van der Waals surface area contributed by atoms with E-state index in [1.807, 2.05) is 6.92 Å². The van der Waals surface area contributed by atoms with Crippen LogP contribution in [-0.2, 0) is 0 Å². The molecule has 4 nitrogen and oxygen atoms in total. The number of aromatic nitrogens is 1. The van der Waals surface area contributed by atoms with Crippen LogP contribution in [0.1, 0.15) is 11.1 Å². The molecule has 3 N–H and O–H groups in total. The summed E-state index contributed by atoms with van der Waals surface area (Å²) in [6.45, 7) is 1.87. The third kappa shape index (κ3) is 1.46. The Balaban J connectivity index is 3.14. The van der Waals surface area contributed by atoms with Gasteiger partial charge in [0.2, 0.25) is 0 Å². The summed E-state index contributed by atoms with van der Waals surface area (Å²) in [6.07, 6.45) is 3.22. The molecule has 0 spiro atoms. The highest BCUT2D eigenvalue weighted by Crippen LogP contribution is 2.03. The molecule has 0 aliphatic carbocycles. The predicted octanol–water partition coefficient (Wildman–Crippen LogP) is 0.485. The van der Waals surface area contributed by atoms with Crippen molar-refractivity contribution in [2.24, 2.45) is 10.9 Å². The molecule has 1 heterocycles. The molecular weight excluding hydrogens is 142 g/mol. The van der Waals surface area contributed by atoms with Gasteiger partial charge < -0.3 is 10.9 Å². The highest BCUT2D eigenvalue weighted by Gasteiger charge is 2.01. The topological polar surface area (TPSA) is 71.5 Å². The van der Waals surface area contributed by atoms with Crippen LogP contribution < -0.4 is 5.73 Å². The Labute approximate surface area is 64.4 Å². The van der Waals surface area contributed by atoms with Gasteiger partial charge in [-0.15, -0.1) is 0 Å². The fraction of sp³-hybridized carbons (Fsp3) is 0.143. The Hall–Kier alpha value is -1.58. The van der Waals surface area contributed by atoms with E-state index in [9.17, 15) is 0 Å². The number of nitrogens with two attached hydrogens (primary N) is 1. The fourth-order valence-electron chi connectivity index (χ4n) is 0.786. The molecule has 0 amide bonds. The number of rotatable bonds is 1. The molecule has 0 saturated carbocycles. The van der Waals surface area contributed by atoms with Crippen LogP contribution in [0, 0.1) is 6.92 Å². The minimum Gasteiger partial charge on any atom is -0.409 e. The molecule has 0 aliphatic heterocycles. The van der Waals surface area contributed by atoms with Crippen LogP contribution >= 0.6 is 0 Å². The summed E-state index contributed by atoms with van der Waals surface area (Å²) in [5, 5.41) is 11.2. The summed E-state index contributed by atoms with van der Waals surface area (Å²) >= 11 is 0. The second kappa shape index (κ2) is 3.01. The Morgan fingerprint density at radius 2 is 2.45 bits per heavy atom. The molecule has 0 bridgehead atoms. The van der Waals surface area contributed by atoms with Gasteiger partial charge in [0.05, 0.1) is 0 Å². The first kappa shape index (κ1) is 7.53. The molecular formula is C7H9N3O. The van der Waals surface area contributed by atoms with E-state index < -0.39 is 0 Å². The first-order chi connectivity index (χ1) is 5.25. The molecule has 0 aromatic carbocycles. The third-order valence-corrected chi connectivity index (χ3v) is 1.42. The number of amidine groups is 1. The molecule has 0 saturated heterocycles. The number of oxime groups is 1. The molecule has 58 valence electrons. The molecule has 1 aromatic rings. The zero-order chi connectivity index (χ0) is 8.27. The van der Waals surface area contributed by atoms with E-state index in [-0.39, 0.29) is 5.84 Å². The molecule has 4 heteroatoms.